The minimum Gasteiger partial charge on any atom is -0.368 e. The zero-order valence-corrected chi connectivity index (χ0v) is 16.4. The highest BCUT2D eigenvalue weighted by Crippen LogP contribution is 2.52. The number of benzene rings is 2. The van der Waals surface area contributed by atoms with Crippen LogP contribution in [0.4, 0.5) is 11.5 Å². The number of carbonyl (C=O) groups is 3. The van der Waals surface area contributed by atoms with Crippen LogP contribution in [0.2, 0.25) is 5.02 Å². The number of halogens is 1. The first-order valence-electron chi connectivity index (χ1n) is 9.26. The molecule has 30 heavy (non-hydrogen) atoms. The molecule has 1 atom stereocenters. The van der Waals surface area contributed by atoms with E-state index in [1.54, 1.807) is 54.7 Å². The molecule has 0 bridgehead atoms. The number of hydrogen-bond donors (Lipinski definition) is 2. The van der Waals surface area contributed by atoms with Gasteiger partial charge in [-0.2, -0.15) is 5.10 Å². The summed E-state index contributed by atoms with van der Waals surface area (Å²) in [6.45, 7) is -0.271. The lowest BCUT2D eigenvalue weighted by molar-refractivity contribution is -0.127. The van der Waals surface area contributed by atoms with Gasteiger partial charge in [0.05, 0.1) is 16.9 Å². The molecular weight excluding hydrogens is 406 g/mol. The molecule has 3 amide bonds. The molecular formula is C21H16ClN5O3. The summed E-state index contributed by atoms with van der Waals surface area (Å²) in [6.07, 6.45) is 1.47. The molecule has 0 radical (unpaired) electrons. The standard InChI is InChI=1S/C21H16ClN5O3/c22-14-6-2-4-8-16(14)27-19-13(10-24-27)21(9-18(29)25-19)12-5-1-3-7-15(12)26(20(21)30)11-17(23)28/h1-8,10H,9,11H2,(H2,23,28)(H,25,29)/t21-/m1/s1. The summed E-state index contributed by atoms with van der Waals surface area (Å²) < 4.78 is 1.52. The number of nitrogens with one attached hydrogen (secondary N) is 1. The van der Waals surface area contributed by atoms with Crippen molar-refractivity contribution >= 4 is 40.8 Å². The average Bonchev–Trinajstić information content (AvgIpc) is 3.23. The molecule has 3 aromatic rings. The molecule has 1 aromatic heterocycles. The Kier molecular flexibility index (Phi) is 3.94. The van der Waals surface area contributed by atoms with E-state index in [9.17, 15) is 14.4 Å². The van der Waals surface area contributed by atoms with Crippen LogP contribution in [0.5, 0.6) is 0 Å². The first-order valence-corrected chi connectivity index (χ1v) is 9.64. The predicted molar refractivity (Wildman–Crippen MR) is 111 cm³/mol. The van der Waals surface area contributed by atoms with Gasteiger partial charge in [-0.15, -0.1) is 0 Å². The Bertz CT molecular complexity index is 1240. The van der Waals surface area contributed by atoms with Crippen LogP contribution >= 0.6 is 11.6 Å². The van der Waals surface area contributed by atoms with E-state index in [0.717, 1.165) is 0 Å². The van der Waals surface area contributed by atoms with Crippen LogP contribution in [-0.2, 0) is 19.8 Å². The second kappa shape index (κ2) is 6.43. The first-order chi connectivity index (χ1) is 14.4. The van der Waals surface area contributed by atoms with Crippen molar-refractivity contribution in [1.29, 1.82) is 0 Å². The van der Waals surface area contributed by atoms with Crippen molar-refractivity contribution in [2.45, 2.75) is 11.8 Å². The van der Waals surface area contributed by atoms with Crippen LogP contribution in [0.15, 0.2) is 54.7 Å². The molecule has 8 nitrogen and oxygen atoms in total. The minimum absolute atomic E-state index is 0.0979. The maximum atomic E-state index is 13.7. The number of nitrogens with zero attached hydrogens (tertiary/aromatic N) is 3. The van der Waals surface area contributed by atoms with Crippen LogP contribution < -0.4 is 16.0 Å². The number of rotatable bonds is 3. The predicted octanol–water partition coefficient (Wildman–Crippen LogP) is 1.99. The van der Waals surface area contributed by atoms with Gasteiger partial charge in [0, 0.05) is 17.7 Å². The normalized spacial score (nSPS) is 19.6. The second-order valence-corrected chi connectivity index (χ2v) is 7.68. The molecule has 0 fully saturated rings. The second-order valence-electron chi connectivity index (χ2n) is 7.28. The van der Waals surface area contributed by atoms with Crippen molar-refractivity contribution in [3.05, 3.63) is 70.9 Å². The molecule has 150 valence electrons. The fraction of sp³-hybridized carbons (Fsp3) is 0.143. The monoisotopic (exact) mass is 421 g/mol. The maximum absolute atomic E-state index is 13.7. The lowest BCUT2D eigenvalue weighted by atomic mass is 9.72. The number of nitrogens with two attached hydrogens (primary N) is 1. The number of anilines is 2. The Hall–Kier alpha value is -3.65. The summed E-state index contributed by atoms with van der Waals surface area (Å²) in [5.41, 5.74) is 6.43. The fourth-order valence-corrected chi connectivity index (χ4v) is 4.58. The first kappa shape index (κ1) is 18.4. The number of para-hydroxylation sites is 2. The van der Waals surface area contributed by atoms with Gasteiger partial charge < -0.3 is 16.0 Å². The Labute approximate surface area is 176 Å². The van der Waals surface area contributed by atoms with Crippen molar-refractivity contribution in [3.63, 3.8) is 0 Å². The quantitative estimate of drug-likeness (QED) is 0.673. The largest absolute Gasteiger partial charge is 0.368 e. The summed E-state index contributed by atoms with van der Waals surface area (Å²) in [4.78, 5) is 39.4. The summed E-state index contributed by atoms with van der Waals surface area (Å²) in [7, 11) is 0. The van der Waals surface area contributed by atoms with Crippen LogP contribution in [0.25, 0.3) is 5.69 Å². The zero-order valence-electron chi connectivity index (χ0n) is 15.6. The third-order valence-corrected chi connectivity index (χ3v) is 5.89. The van der Waals surface area contributed by atoms with Gasteiger partial charge in [-0.3, -0.25) is 14.4 Å². The highest BCUT2D eigenvalue weighted by atomic mass is 35.5. The van der Waals surface area contributed by atoms with E-state index in [1.807, 2.05) is 0 Å². The molecule has 3 N–H and O–H groups in total. The number of fused-ring (bicyclic) bond motifs is 4. The smallest absolute Gasteiger partial charge is 0.243 e. The molecule has 3 heterocycles. The number of hydrogen-bond acceptors (Lipinski definition) is 4. The van der Waals surface area contributed by atoms with Crippen molar-refractivity contribution in [2.24, 2.45) is 5.73 Å². The number of amides is 3. The molecule has 0 unspecified atom stereocenters. The molecule has 0 saturated carbocycles. The summed E-state index contributed by atoms with van der Waals surface area (Å²) in [5.74, 6) is -0.969. The van der Waals surface area contributed by atoms with Gasteiger partial charge in [0.1, 0.15) is 17.8 Å². The van der Waals surface area contributed by atoms with Crippen molar-refractivity contribution in [2.75, 3.05) is 16.8 Å². The van der Waals surface area contributed by atoms with Crippen LogP contribution in [0, 0.1) is 0 Å². The summed E-state index contributed by atoms with van der Waals surface area (Å²) >= 11 is 6.34. The maximum Gasteiger partial charge on any atom is 0.243 e. The third kappa shape index (κ3) is 2.40. The molecule has 9 heteroatoms. The highest BCUT2D eigenvalue weighted by molar-refractivity contribution is 6.32. The number of carbonyl (C=O) groups excluding carboxylic acids is 3. The highest BCUT2D eigenvalue weighted by Gasteiger charge is 2.57. The van der Waals surface area contributed by atoms with Gasteiger partial charge >= 0.3 is 0 Å². The third-order valence-electron chi connectivity index (χ3n) is 5.57. The Morgan fingerprint density at radius 3 is 2.53 bits per heavy atom. The number of primary amides is 1. The van der Waals surface area contributed by atoms with Crippen molar-refractivity contribution < 1.29 is 14.4 Å². The van der Waals surface area contributed by atoms with E-state index < -0.39 is 11.3 Å². The van der Waals surface area contributed by atoms with Gasteiger partial charge in [-0.1, -0.05) is 41.9 Å². The Morgan fingerprint density at radius 2 is 1.80 bits per heavy atom. The summed E-state index contributed by atoms with van der Waals surface area (Å²) in [6, 6.07) is 14.2. The Morgan fingerprint density at radius 1 is 1.10 bits per heavy atom. The summed E-state index contributed by atoms with van der Waals surface area (Å²) in [5, 5.41) is 7.71. The SMILES string of the molecule is NC(=O)CN1C(=O)[C@]2(CC(=O)Nc3c2cnn3-c2ccccc2Cl)c2ccccc21. The lowest BCUT2D eigenvalue weighted by Gasteiger charge is -2.32. The van der Waals surface area contributed by atoms with Crippen molar-refractivity contribution in [3.8, 4) is 5.69 Å². The van der Waals surface area contributed by atoms with E-state index >= 15 is 0 Å². The van der Waals surface area contributed by atoms with Gasteiger partial charge in [0.25, 0.3) is 0 Å². The average molecular weight is 422 g/mol. The van der Waals surface area contributed by atoms with Crippen LogP contribution in [0.3, 0.4) is 0 Å². The van der Waals surface area contributed by atoms with E-state index in [1.165, 1.54) is 9.58 Å². The lowest BCUT2D eigenvalue weighted by Crippen LogP contribution is -2.48. The zero-order chi connectivity index (χ0) is 21.0. The van der Waals surface area contributed by atoms with Gasteiger partial charge in [0.15, 0.2) is 0 Å². The molecule has 2 aromatic carbocycles. The molecule has 0 saturated heterocycles. The van der Waals surface area contributed by atoms with Crippen LogP contribution in [0.1, 0.15) is 17.5 Å². The fourth-order valence-electron chi connectivity index (χ4n) is 4.37. The van der Waals surface area contributed by atoms with Gasteiger partial charge in [0.2, 0.25) is 17.7 Å². The van der Waals surface area contributed by atoms with Gasteiger partial charge in [-0.25, -0.2) is 4.68 Å². The minimum atomic E-state index is -1.29. The van der Waals surface area contributed by atoms with Crippen LogP contribution in [-0.4, -0.2) is 34.0 Å². The van der Waals surface area contributed by atoms with Gasteiger partial charge in [-0.05, 0) is 23.8 Å². The van der Waals surface area contributed by atoms with Crippen molar-refractivity contribution in [1.82, 2.24) is 9.78 Å². The van der Waals surface area contributed by atoms with E-state index in [2.05, 4.69) is 10.4 Å². The van der Waals surface area contributed by atoms with E-state index in [0.29, 0.717) is 33.3 Å². The molecule has 2 aliphatic heterocycles. The number of aromatic nitrogens is 2. The molecule has 1 spiro atoms. The van der Waals surface area contributed by atoms with E-state index in [4.69, 9.17) is 17.3 Å². The molecule has 0 aliphatic carbocycles. The molecule has 2 aliphatic rings. The topological polar surface area (TPSA) is 110 Å². The molecule has 5 rings (SSSR count). The van der Waals surface area contributed by atoms with E-state index in [-0.39, 0.29) is 24.8 Å². The Balaban J connectivity index is 1.76.